The highest BCUT2D eigenvalue weighted by atomic mass is 79.9. The average molecular weight is 301 g/mol. The Balaban J connectivity index is 3.01. The van der Waals surface area contributed by atoms with Crippen LogP contribution in [0.25, 0.3) is 5.76 Å². The van der Waals surface area contributed by atoms with Crippen molar-refractivity contribution >= 4 is 27.5 Å². The number of hydrogen-bond donors (Lipinski definition) is 3. The summed E-state index contributed by atoms with van der Waals surface area (Å²) in [4.78, 5) is 4.18. The van der Waals surface area contributed by atoms with Crippen LogP contribution in [0.2, 0.25) is 0 Å². The van der Waals surface area contributed by atoms with Gasteiger partial charge in [-0.1, -0.05) is 20.4 Å². The molecule has 0 saturated carbocycles. The summed E-state index contributed by atoms with van der Waals surface area (Å²) in [6, 6.07) is 1.62. The lowest BCUT2D eigenvalue weighted by molar-refractivity contribution is 0.249. The van der Waals surface area contributed by atoms with Crippen LogP contribution in [0.1, 0.15) is 19.4 Å². The molecule has 94 valence electrons. The van der Waals surface area contributed by atoms with Gasteiger partial charge >= 0.3 is 0 Å². The van der Waals surface area contributed by atoms with E-state index in [4.69, 9.17) is 0 Å². The Morgan fingerprint density at radius 1 is 1.59 bits per heavy atom. The zero-order chi connectivity index (χ0) is 13.0. The summed E-state index contributed by atoms with van der Waals surface area (Å²) in [5.41, 5.74) is 0.526. The Morgan fingerprint density at radius 2 is 2.24 bits per heavy atom. The van der Waals surface area contributed by atoms with Crippen molar-refractivity contribution in [2.24, 2.45) is 5.92 Å². The quantitative estimate of drug-likeness (QED) is 0.732. The van der Waals surface area contributed by atoms with Gasteiger partial charge in [-0.25, -0.2) is 4.98 Å². The van der Waals surface area contributed by atoms with E-state index in [0.717, 1.165) is 4.47 Å². The molecule has 5 heteroatoms. The number of hydrogen-bond acceptors (Lipinski definition) is 4. The van der Waals surface area contributed by atoms with Gasteiger partial charge in [-0.2, -0.15) is 0 Å². The maximum atomic E-state index is 9.50. The van der Waals surface area contributed by atoms with E-state index in [9.17, 15) is 10.2 Å². The molecule has 3 N–H and O–H groups in total. The van der Waals surface area contributed by atoms with Crippen LogP contribution in [0.15, 0.2) is 23.3 Å². The standard InChI is InChI=1S/C12H17BrN2O2/c1-7(2)11(6-16)15-12-10(8(3)17)4-9(13)5-14-12/h4-5,7,11,16-17H,3,6H2,1-2H3,(H,14,15). The summed E-state index contributed by atoms with van der Waals surface area (Å²) in [5, 5.41) is 21.9. The molecule has 0 bridgehead atoms. The zero-order valence-corrected chi connectivity index (χ0v) is 11.5. The second kappa shape index (κ2) is 6.02. The molecule has 0 aliphatic heterocycles. The number of anilines is 1. The highest BCUT2D eigenvalue weighted by Gasteiger charge is 2.15. The second-order valence-corrected chi connectivity index (χ2v) is 5.09. The molecule has 1 aromatic heterocycles. The minimum Gasteiger partial charge on any atom is -0.508 e. The van der Waals surface area contributed by atoms with Gasteiger partial charge in [0.25, 0.3) is 0 Å². The smallest absolute Gasteiger partial charge is 0.137 e. The molecule has 1 heterocycles. The van der Waals surface area contributed by atoms with Crippen LogP contribution in [0, 0.1) is 5.92 Å². The molecular weight excluding hydrogens is 284 g/mol. The zero-order valence-electron chi connectivity index (χ0n) is 9.94. The van der Waals surface area contributed by atoms with Crippen molar-refractivity contribution in [1.29, 1.82) is 0 Å². The first kappa shape index (κ1) is 14.0. The van der Waals surface area contributed by atoms with E-state index >= 15 is 0 Å². The highest BCUT2D eigenvalue weighted by Crippen LogP contribution is 2.24. The van der Waals surface area contributed by atoms with Gasteiger partial charge in [0.2, 0.25) is 0 Å². The van der Waals surface area contributed by atoms with Crippen molar-refractivity contribution in [2.45, 2.75) is 19.9 Å². The predicted molar refractivity (Wildman–Crippen MR) is 72.9 cm³/mol. The minimum atomic E-state index is -0.109. The molecule has 0 amide bonds. The third-order valence-electron chi connectivity index (χ3n) is 2.49. The van der Waals surface area contributed by atoms with Crippen LogP contribution >= 0.6 is 15.9 Å². The lowest BCUT2D eigenvalue weighted by Gasteiger charge is -2.22. The second-order valence-electron chi connectivity index (χ2n) is 4.17. The topological polar surface area (TPSA) is 65.4 Å². The van der Waals surface area contributed by atoms with E-state index in [-0.39, 0.29) is 24.3 Å². The van der Waals surface area contributed by atoms with Crippen LogP contribution in [-0.4, -0.2) is 27.8 Å². The van der Waals surface area contributed by atoms with Crippen LogP contribution in [0.5, 0.6) is 0 Å². The highest BCUT2D eigenvalue weighted by molar-refractivity contribution is 9.10. The number of rotatable bonds is 5. The van der Waals surface area contributed by atoms with Gasteiger partial charge < -0.3 is 15.5 Å². The minimum absolute atomic E-state index is 0.00670. The summed E-state index contributed by atoms with van der Waals surface area (Å²) in [6.07, 6.45) is 1.63. The Hall–Kier alpha value is -1.07. The number of nitrogens with zero attached hydrogens (tertiary/aromatic N) is 1. The van der Waals surface area contributed by atoms with Crippen LogP contribution in [0.4, 0.5) is 5.82 Å². The van der Waals surface area contributed by atoms with Crippen molar-refractivity contribution < 1.29 is 10.2 Å². The molecule has 1 atom stereocenters. The van der Waals surface area contributed by atoms with E-state index in [0.29, 0.717) is 11.4 Å². The molecular formula is C12H17BrN2O2. The third kappa shape index (κ3) is 3.71. The fraction of sp³-hybridized carbons (Fsp3) is 0.417. The average Bonchev–Trinajstić information content (AvgIpc) is 2.26. The molecule has 1 aromatic rings. The number of aromatic nitrogens is 1. The maximum Gasteiger partial charge on any atom is 0.137 e. The number of nitrogens with one attached hydrogen (secondary N) is 1. The predicted octanol–water partition coefficient (Wildman–Crippen LogP) is 2.80. The van der Waals surface area contributed by atoms with E-state index < -0.39 is 0 Å². The monoisotopic (exact) mass is 300 g/mol. The lowest BCUT2D eigenvalue weighted by atomic mass is 10.1. The molecule has 1 rings (SSSR count). The Labute approximate surface area is 110 Å². The normalized spacial score (nSPS) is 12.5. The first-order valence-electron chi connectivity index (χ1n) is 5.37. The van der Waals surface area contributed by atoms with Gasteiger partial charge in [0, 0.05) is 10.7 Å². The molecule has 0 aliphatic carbocycles. The van der Waals surface area contributed by atoms with Gasteiger partial charge in [-0.3, -0.25) is 0 Å². The third-order valence-corrected chi connectivity index (χ3v) is 2.92. The van der Waals surface area contributed by atoms with Crippen molar-refractivity contribution in [3.63, 3.8) is 0 Å². The van der Waals surface area contributed by atoms with Gasteiger partial charge in [-0.15, -0.1) is 0 Å². The van der Waals surface area contributed by atoms with Crippen molar-refractivity contribution in [2.75, 3.05) is 11.9 Å². The molecule has 1 unspecified atom stereocenters. The van der Waals surface area contributed by atoms with E-state index in [1.807, 2.05) is 13.8 Å². The number of pyridine rings is 1. The van der Waals surface area contributed by atoms with Crippen LogP contribution in [0.3, 0.4) is 0 Å². The van der Waals surface area contributed by atoms with Crippen LogP contribution in [-0.2, 0) is 0 Å². The van der Waals surface area contributed by atoms with Crippen LogP contribution < -0.4 is 5.32 Å². The Kier molecular flexibility index (Phi) is 4.96. The SMILES string of the molecule is C=C(O)c1cc(Br)cnc1NC(CO)C(C)C. The summed E-state index contributed by atoms with van der Waals surface area (Å²) in [7, 11) is 0. The van der Waals surface area contributed by atoms with E-state index in [2.05, 4.69) is 32.8 Å². The maximum absolute atomic E-state index is 9.50. The van der Waals surface area contributed by atoms with Gasteiger partial charge in [0.1, 0.15) is 11.6 Å². The molecule has 0 saturated heterocycles. The number of halogens is 1. The molecule has 0 radical (unpaired) electrons. The first-order valence-corrected chi connectivity index (χ1v) is 6.16. The summed E-state index contributed by atoms with van der Waals surface area (Å²) in [6.45, 7) is 7.50. The Bertz CT molecular complexity index is 407. The molecule has 0 spiro atoms. The van der Waals surface area contributed by atoms with E-state index in [1.165, 1.54) is 0 Å². The van der Waals surface area contributed by atoms with Gasteiger partial charge in [0.05, 0.1) is 18.2 Å². The summed E-state index contributed by atoms with van der Waals surface area (Å²) < 4.78 is 0.762. The lowest BCUT2D eigenvalue weighted by Crippen LogP contribution is -2.30. The first-order chi connectivity index (χ1) is 7.95. The molecule has 0 aromatic carbocycles. The Morgan fingerprint density at radius 3 is 2.71 bits per heavy atom. The molecule has 0 aliphatic rings. The van der Waals surface area contributed by atoms with Crippen molar-refractivity contribution in [3.05, 3.63) is 28.9 Å². The fourth-order valence-corrected chi connectivity index (χ4v) is 1.70. The van der Waals surface area contributed by atoms with Crippen molar-refractivity contribution in [3.8, 4) is 0 Å². The van der Waals surface area contributed by atoms with Crippen molar-refractivity contribution in [1.82, 2.24) is 4.98 Å². The summed E-state index contributed by atoms with van der Waals surface area (Å²) in [5.74, 6) is 0.723. The summed E-state index contributed by atoms with van der Waals surface area (Å²) >= 11 is 3.28. The van der Waals surface area contributed by atoms with E-state index in [1.54, 1.807) is 12.3 Å². The molecule has 17 heavy (non-hydrogen) atoms. The fourth-order valence-electron chi connectivity index (χ4n) is 1.37. The molecule has 4 nitrogen and oxygen atoms in total. The van der Waals surface area contributed by atoms with Gasteiger partial charge in [0.15, 0.2) is 0 Å². The largest absolute Gasteiger partial charge is 0.508 e. The molecule has 0 fully saturated rings. The number of aliphatic hydroxyl groups is 2. The van der Waals surface area contributed by atoms with Gasteiger partial charge in [-0.05, 0) is 27.9 Å². The number of aliphatic hydroxyl groups excluding tert-OH is 2.